The molecule has 9 nitrogen and oxygen atoms in total. The smallest absolute Gasteiger partial charge is 0.246 e. The number of carbonyl (C=O) groups is 1. The second-order valence-electron chi connectivity index (χ2n) is 10.4. The van der Waals surface area contributed by atoms with Crippen LogP contribution in [0.1, 0.15) is 34.0 Å². The van der Waals surface area contributed by atoms with Crippen LogP contribution in [-0.2, 0) is 17.9 Å². The van der Waals surface area contributed by atoms with Gasteiger partial charge in [-0.25, -0.2) is 0 Å². The minimum Gasteiger partial charge on any atom is -0.324 e. The van der Waals surface area contributed by atoms with Gasteiger partial charge in [0.05, 0.1) is 35.0 Å². The number of nitrogens with one attached hydrogen (secondary N) is 1. The summed E-state index contributed by atoms with van der Waals surface area (Å²) in [6.45, 7) is 1.30. The number of hydrogen-bond acceptors (Lipinski definition) is 7. The number of amides is 1. The van der Waals surface area contributed by atoms with Crippen molar-refractivity contribution in [1.82, 2.24) is 24.6 Å². The third-order valence-electron chi connectivity index (χ3n) is 6.93. The summed E-state index contributed by atoms with van der Waals surface area (Å²) in [5.74, 6) is 1.62. The molecule has 0 saturated carbocycles. The van der Waals surface area contributed by atoms with Gasteiger partial charge in [-0.05, 0) is 62.6 Å². The summed E-state index contributed by atoms with van der Waals surface area (Å²) < 4.78 is 3.04. The fourth-order valence-corrected chi connectivity index (χ4v) is 5.59. The summed E-state index contributed by atoms with van der Waals surface area (Å²) in [4.78, 5) is 27.3. The van der Waals surface area contributed by atoms with Crippen LogP contribution in [0.15, 0.2) is 106 Å². The number of fused-ring (bicyclic) bond motifs is 4. The number of aromatic nitrogens is 4. The first kappa shape index (κ1) is 29.6. The molecule has 5 aromatic rings. The molecule has 44 heavy (non-hydrogen) atoms. The second kappa shape index (κ2) is 13.0. The highest BCUT2D eigenvalue weighted by Crippen LogP contribution is 2.29. The predicted molar refractivity (Wildman–Crippen MR) is 177 cm³/mol. The average Bonchev–Trinajstić information content (AvgIpc) is 3.23. The highest BCUT2D eigenvalue weighted by Gasteiger charge is 2.23. The molecule has 4 heterocycles. The first-order chi connectivity index (χ1) is 21.4. The lowest BCUT2D eigenvalue weighted by Gasteiger charge is -2.15. The number of hydrogen-bond donors (Lipinski definition) is 1. The predicted octanol–water partition coefficient (Wildman–Crippen LogP) is 5.97. The summed E-state index contributed by atoms with van der Waals surface area (Å²) in [6, 6.07) is 27.4. The molecule has 0 bridgehead atoms. The fraction of sp³-hybridized carbons (Fsp3) is 0.152. The van der Waals surface area contributed by atoms with E-state index in [1.807, 2.05) is 86.9 Å². The van der Waals surface area contributed by atoms with Gasteiger partial charge in [-0.1, -0.05) is 63.9 Å². The van der Waals surface area contributed by atoms with Crippen LogP contribution in [0, 0.1) is 0 Å². The molecule has 0 aliphatic carbocycles. The van der Waals surface area contributed by atoms with Crippen LogP contribution < -0.4 is 5.32 Å². The second-order valence-corrected chi connectivity index (χ2v) is 11.8. The van der Waals surface area contributed by atoms with Crippen molar-refractivity contribution < 1.29 is 4.79 Å². The Morgan fingerprint density at radius 3 is 2.45 bits per heavy atom. The van der Waals surface area contributed by atoms with E-state index in [9.17, 15) is 4.79 Å². The van der Waals surface area contributed by atoms with E-state index >= 15 is 0 Å². The molecular weight excluding hydrogens is 640 g/mol. The van der Waals surface area contributed by atoms with Crippen molar-refractivity contribution in [3.63, 3.8) is 0 Å². The van der Waals surface area contributed by atoms with Gasteiger partial charge < -0.3 is 10.2 Å². The van der Waals surface area contributed by atoms with E-state index in [0.717, 1.165) is 61.3 Å². The summed E-state index contributed by atoms with van der Waals surface area (Å²) in [5.41, 5.74) is 7.14. The lowest BCUT2D eigenvalue weighted by atomic mass is 10.0. The Hall–Kier alpha value is -4.51. The molecule has 3 aromatic carbocycles. The number of halogens is 2. The van der Waals surface area contributed by atoms with Gasteiger partial charge >= 0.3 is 0 Å². The van der Waals surface area contributed by atoms with Crippen molar-refractivity contribution in [2.24, 2.45) is 9.98 Å². The summed E-state index contributed by atoms with van der Waals surface area (Å²) in [6.07, 6.45) is 1.72. The highest BCUT2D eigenvalue weighted by atomic mass is 79.9. The molecule has 7 rings (SSSR count). The minimum atomic E-state index is -0.116. The van der Waals surface area contributed by atoms with Crippen molar-refractivity contribution in [2.45, 2.75) is 13.1 Å². The topological polar surface area (TPSA) is 101 Å². The maximum absolute atomic E-state index is 11.7. The molecule has 2 aliphatic rings. The van der Waals surface area contributed by atoms with Crippen molar-refractivity contribution >= 4 is 50.5 Å². The van der Waals surface area contributed by atoms with Gasteiger partial charge in [0.2, 0.25) is 5.91 Å². The molecule has 0 saturated heterocycles. The van der Waals surface area contributed by atoms with Gasteiger partial charge in [-0.3, -0.25) is 24.3 Å². The number of nitrogens with zero attached hydrogens (tertiary/aromatic N) is 7. The van der Waals surface area contributed by atoms with Crippen LogP contribution in [0.5, 0.6) is 0 Å². The lowest BCUT2D eigenvalue weighted by Crippen LogP contribution is -2.16. The molecule has 0 spiro atoms. The third-order valence-corrected chi connectivity index (χ3v) is 7.66. The Labute approximate surface area is 268 Å². The molecule has 0 radical (unpaired) electrons. The van der Waals surface area contributed by atoms with Crippen molar-refractivity contribution in [1.29, 1.82) is 0 Å². The van der Waals surface area contributed by atoms with E-state index < -0.39 is 0 Å². The number of carbonyl (C=O) groups excluding carboxylic acids is 1. The number of anilines is 1. The van der Waals surface area contributed by atoms with Crippen LogP contribution in [0.2, 0.25) is 5.02 Å². The Balaban J connectivity index is 0.000000162. The van der Waals surface area contributed by atoms with Gasteiger partial charge in [-0.2, -0.15) is 0 Å². The number of rotatable bonds is 4. The van der Waals surface area contributed by atoms with E-state index in [2.05, 4.69) is 63.0 Å². The molecular formula is C33H28BrClN8O. The van der Waals surface area contributed by atoms with Gasteiger partial charge in [-0.15, -0.1) is 10.2 Å². The molecule has 1 N–H and O–H groups in total. The van der Waals surface area contributed by atoms with E-state index in [4.69, 9.17) is 16.6 Å². The number of aliphatic imine (C=N–C) groups is 2. The van der Waals surface area contributed by atoms with Gasteiger partial charge in [0.25, 0.3) is 0 Å². The maximum atomic E-state index is 11.7. The molecule has 220 valence electrons. The zero-order valence-electron chi connectivity index (χ0n) is 24.1. The Bertz CT molecular complexity index is 1890. The molecule has 0 unspecified atom stereocenters. The van der Waals surface area contributed by atoms with Gasteiger partial charge in [0, 0.05) is 32.4 Å². The number of benzene rings is 3. The summed E-state index contributed by atoms with van der Waals surface area (Å²) in [7, 11) is 4.04. The average molecular weight is 668 g/mol. The summed E-state index contributed by atoms with van der Waals surface area (Å²) in [5, 5.41) is 12.3. The van der Waals surface area contributed by atoms with Crippen LogP contribution >= 0.6 is 27.5 Å². The zero-order valence-corrected chi connectivity index (χ0v) is 26.4. The van der Waals surface area contributed by atoms with Crippen LogP contribution in [0.4, 0.5) is 5.69 Å². The van der Waals surface area contributed by atoms with Crippen LogP contribution in [0.3, 0.4) is 0 Å². The van der Waals surface area contributed by atoms with Crippen molar-refractivity contribution in [3.8, 4) is 5.69 Å². The number of benzodiazepines with no additional fused rings is 1. The molecule has 1 amide bonds. The normalized spacial score (nSPS) is 13.6. The molecule has 11 heteroatoms. The lowest BCUT2D eigenvalue weighted by molar-refractivity contribution is -0.114. The standard InChI is InChI=1S/C19H18ClN5.C14H10BrN3O/c1-24(2)12-18-23-22-17-11-21-19(13-6-4-3-5-7-13)15-10-14(20)8-9-16(15)25(17)18;15-9-4-5-11-10(7-9)14(17-8-13(19)18-11)12-3-1-2-6-16-12/h3-10H,11-12H2,1-2H3;1-7H,8H2,(H,18,19). The van der Waals surface area contributed by atoms with E-state index in [1.54, 1.807) is 6.20 Å². The quantitative estimate of drug-likeness (QED) is 0.255. The Kier molecular flexibility index (Phi) is 8.74. The molecule has 0 atom stereocenters. The van der Waals surface area contributed by atoms with E-state index in [-0.39, 0.29) is 12.5 Å². The zero-order chi connectivity index (χ0) is 30.6. The molecule has 0 fully saturated rings. The minimum absolute atomic E-state index is 0.109. The maximum Gasteiger partial charge on any atom is 0.246 e. The Morgan fingerprint density at radius 2 is 1.68 bits per heavy atom. The SMILES string of the molecule is CN(C)Cc1nnc2n1-c1ccc(Cl)cc1C(c1ccccc1)=NC2.O=C1CN=C(c2ccccn2)c2cc(Br)ccc2N1. The van der Waals surface area contributed by atoms with E-state index in [1.165, 1.54) is 0 Å². The van der Waals surface area contributed by atoms with Gasteiger partial charge in [0.15, 0.2) is 11.6 Å². The highest BCUT2D eigenvalue weighted by molar-refractivity contribution is 9.10. The molecule has 2 aliphatic heterocycles. The fourth-order valence-electron chi connectivity index (χ4n) is 5.06. The van der Waals surface area contributed by atoms with E-state index in [0.29, 0.717) is 18.1 Å². The third kappa shape index (κ3) is 6.37. The monoisotopic (exact) mass is 666 g/mol. The van der Waals surface area contributed by atoms with Crippen LogP contribution in [-0.4, -0.2) is 62.6 Å². The first-order valence-corrected chi connectivity index (χ1v) is 15.1. The van der Waals surface area contributed by atoms with Crippen molar-refractivity contribution in [2.75, 3.05) is 26.0 Å². The first-order valence-electron chi connectivity index (χ1n) is 13.9. The number of pyridine rings is 1. The summed E-state index contributed by atoms with van der Waals surface area (Å²) >= 11 is 9.75. The van der Waals surface area contributed by atoms with Crippen LogP contribution in [0.25, 0.3) is 5.69 Å². The van der Waals surface area contributed by atoms with Gasteiger partial charge in [0.1, 0.15) is 13.1 Å². The van der Waals surface area contributed by atoms with Crippen molar-refractivity contribution in [3.05, 3.63) is 135 Å². The largest absolute Gasteiger partial charge is 0.324 e. The molecule has 2 aromatic heterocycles. The Morgan fingerprint density at radius 1 is 0.886 bits per heavy atom.